The maximum absolute atomic E-state index is 11.3. The third kappa shape index (κ3) is 5.38. The Morgan fingerprint density at radius 2 is 1.86 bits per heavy atom. The zero-order valence-electron chi connectivity index (χ0n) is 11.2. The van der Waals surface area contributed by atoms with Crippen LogP contribution >= 0.6 is 0 Å². The molecule has 2 amide bonds. The van der Waals surface area contributed by atoms with Crippen molar-refractivity contribution < 1.29 is 51.9 Å². The van der Waals surface area contributed by atoms with Gasteiger partial charge in [-0.1, -0.05) is 6.08 Å². The molecule has 0 radical (unpaired) electrons. The van der Waals surface area contributed by atoms with Gasteiger partial charge < -0.3 is 10.2 Å². The number of pyridine rings is 1. The van der Waals surface area contributed by atoms with E-state index >= 15 is 0 Å². The van der Waals surface area contributed by atoms with Gasteiger partial charge in [0.2, 0.25) is 0 Å². The van der Waals surface area contributed by atoms with Gasteiger partial charge in [-0.15, -0.1) is 0 Å². The molecule has 0 aromatic carbocycles. The average molecular weight is 321 g/mol. The minimum absolute atomic E-state index is 0. The van der Waals surface area contributed by atoms with Crippen LogP contribution in [0.1, 0.15) is 5.56 Å². The zero-order chi connectivity index (χ0) is 14.8. The van der Waals surface area contributed by atoms with Crippen molar-refractivity contribution in [2.24, 2.45) is 0 Å². The van der Waals surface area contributed by atoms with Crippen LogP contribution in [-0.4, -0.2) is 52.6 Å². The minimum atomic E-state index is -4.67. The van der Waals surface area contributed by atoms with E-state index in [2.05, 4.69) is 16.4 Å². The summed E-state index contributed by atoms with van der Waals surface area (Å²) in [7, 11) is -4.67. The molecule has 1 atom stereocenters. The Kier molecular flexibility index (Phi) is 6.32. The van der Waals surface area contributed by atoms with Crippen molar-refractivity contribution in [3.8, 4) is 0 Å². The van der Waals surface area contributed by atoms with Crippen LogP contribution in [0.4, 0.5) is 4.79 Å². The van der Waals surface area contributed by atoms with Crippen molar-refractivity contribution >= 4 is 22.0 Å². The number of urea groups is 1. The molecule has 3 heterocycles. The first-order chi connectivity index (χ1) is 9.34. The quantitative estimate of drug-likeness (QED) is 0.456. The molecule has 0 saturated carbocycles. The van der Waals surface area contributed by atoms with Crippen LogP contribution in [0.25, 0.3) is 10.9 Å². The first-order valence-corrected chi connectivity index (χ1v) is 7.04. The minimum Gasteiger partial charge on any atom is -0.432 e. The molecule has 2 bridgehead atoms. The van der Waals surface area contributed by atoms with Gasteiger partial charge in [-0.3, -0.25) is 18.9 Å². The van der Waals surface area contributed by atoms with Crippen LogP contribution in [0, 0.1) is 0 Å². The number of aromatic nitrogens is 1. The molecule has 1 aromatic rings. The van der Waals surface area contributed by atoms with Gasteiger partial charge in [0.25, 0.3) is 0 Å². The van der Waals surface area contributed by atoms with Crippen LogP contribution in [0.15, 0.2) is 30.6 Å². The van der Waals surface area contributed by atoms with E-state index in [-0.39, 0.29) is 41.6 Å². The summed E-state index contributed by atoms with van der Waals surface area (Å²) in [6.45, 7) is 1.41. The van der Waals surface area contributed by atoms with Gasteiger partial charge in [0.05, 0.1) is 0 Å². The van der Waals surface area contributed by atoms with E-state index in [0.29, 0.717) is 6.54 Å². The Morgan fingerprint density at radius 3 is 2.43 bits per heavy atom. The predicted molar refractivity (Wildman–Crippen MR) is 70.5 cm³/mol. The Balaban J connectivity index is 0.000000324. The second-order valence-corrected chi connectivity index (χ2v) is 5.07. The largest absolute Gasteiger partial charge is 1.00 e. The molecule has 10 heteroatoms. The van der Waals surface area contributed by atoms with Crippen molar-refractivity contribution in [1.82, 2.24) is 9.88 Å². The number of hydrogen-bond donors (Lipinski definition) is 2. The van der Waals surface area contributed by atoms with Crippen LogP contribution in [-0.2, 0) is 10.4 Å². The molecule has 2 N–H and O–H groups in total. The van der Waals surface area contributed by atoms with Crippen molar-refractivity contribution in [3.05, 3.63) is 41.5 Å². The molecule has 1 saturated heterocycles. The molecular formula is C11H12N3NaO5S. The molecule has 0 spiro atoms. The third-order valence-corrected chi connectivity index (χ3v) is 2.83. The monoisotopic (exact) mass is 321 g/mol. The van der Waals surface area contributed by atoms with Crippen molar-refractivity contribution in [2.45, 2.75) is 6.04 Å². The molecular weight excluding hydrogens is 309 g/mol. The van der Waals surface area contributed by atoms with Crippen molar-refractivity contribution in [1.29, 1.82) is 0 Å². The van der Waals surface area contributed by atoms with Crippen molar-refractivity contribution in [3.63, 3.8) is 0 Å². The predicted octanol–water partition coefficient (Wildman–Crippen LogP) is -1.99. The molecule has 1 fully saturated rings. The Hall–Kier alpha value is -0.970. The van der Waals surface area contributed by atoms with Gasteiger partial charge >= 0.3 is 40.0 Å². The van der Waals surface area contributed by atoms with E-state index in [9.17, 15) is 4.79 Å². The molecule has 2 aliphatic rings. The Morgan fingerprint density at radius 1 is 1.29 bits per heavy atom. The summed E-state index contributed by atoms with van der Waals surface area (Å²) in [6.07, 6.45) is 5.61. The molecule has 108 valence electrons. The number of fused-ring (bicyclic) bond motifs is 2. The maximum atomic E-state index is 11.3. The Labute approximate surface area is 144 Å². The average Bonchev–Trinajstić information content (AvgIpc) is 2.64. The van der Waals surface area contributed by atoms with Gasteiger partial charge in [0.15, 0.2) is 6.03 Å². The van der Waals surface area contributed by atoms with Gasteiger partial charge in [-0.25, -0.2) is 0 Å². The number of hydrogen-bond acceptors (Lipinski definition) is 4. The third-order valence-electron chi connectivity index (χ3n) is 2.83. The second-order valence-electron chi connectivity index (χ2n) is 4.18. The fraction of sp³-hybridized carbons (Fsp3) is 0.273. The summed E-state index contributed by atoms with van der Waals surface area (Å²) >= 11 is 0. The number of carbonyl (C=O) groups is 1. The summed E-state index contributed by atoms with van der Waals surface area (Å²) in [5.74, 6) is 0. The number of rotatable bonds is 1. The molecule has 21 heavy (non-hydrogen) atoms. The number of amides is 2. The molecule has 1 aromatic heterocycles. The summed E-state index contributed by atoms with van der Waals surface area (Å²) < 4.78 is 31.6. The SMILES string of the molecule is O=C1[N-]C2CN1CC=C2c1ccncc1.O=S(=O)(O)O.[Na+]. The van der Waals surface area contributed by atoms with Gasteiger partial charge in [0.1, 0.15) is 0 Å². The van der Waals surface area contributed by atoms with Crippen LogP contribution in [0.3, 0.4) is 0 Å². The fourth-order valence-corrected chi connectivity index (χ4v) is 2.06. The normalized spacial score (nSPS) is 19.7. The molecule has 2 aliphatic heterocycles. The molecule has 8 nitrogen and oxygen atoms in total. The number of carbonyl (C=O) groups excluding carboxylic acids is 1. The van der Waals surface area contributed by atoms with Crippen molar-refractivity contribution in [2.75, 3.05) is 13.1 Å². The number of nitrogens with zero attached hydrogens (tertiary/aromatic N) is 3. The van der Waals surface area contributed by atoms with E-state index in [4.69, 9.17) is 17.5 Å². The first kappa shape index (κ1) is 18.1. The maximum Gasteiger partial charge on any atom is 1.00 e. The summed E-state index contributed by atoms with van der Waals surface area (Å²) in [6, 6.07) is 3.86. The topological polar surface area (TPSA) is 122 Å². The van der Waals surface area contributed by atoms with E-state index < -0.39 is 10.4 Å². The zero-order valence-corrected chi connectivity index (χ0v) is 14.1. The van der Waals surface area contributed by atoms with E-state index in [0.717, 1.165) is 17.7 Å². The van der Waals surface area contributed by atoms with Gasteiger partial charge in [-0.2, -0.15) is 8.42 Å². The molecule has 1 unspecified atom stereocenters. The summed E-state index contributed by atoms with van der Waals surface area (Å²) in [5.41, 5.74) is 2.27. The van der Waals surface area contributed by atoms with E-state index in [1.807, 2.05) is 12.1 Å². The summed E-state index contributed by atoms with van der Waals surface area (Å²) in [5, 5.41) is 4.11. The van der Waals surface area contributed by atoms with E-state index in [1.54, 1.807) is 17.3 Å². The first-order valence-electron chi connectivity index (χ1n) is 5.64. The summed E-state index contributed by atoms with van der Waals surface area (Å²) in [4.78, 5) is 17.1. The van der Waals surface area contributed by atoms with Crippen LogP contribution in [0.2, 0.25) is 0 Å². The van der Waals surface area contributed by atoms with Gasteiger partial charge in [0, 0.05) is 12.4 Å². The smallest absolute Gasteiger partial charge is 0.432 e. The van der Waals surface area contributed by atoms with Crippen LogP contribution in [0.5, 0.6) is 0 Å². The van der Waals surface area contributed by atoms with Crippen LogP contribution < -0.4 is 29.6 Å². The Bertz CT molecular complexity index is 627. The second kappa shape index (κ2) is 7.34. The van der Waals surface area contributed by atoms with E-state index in [1.165, 1.54) is 0 Å². The fourth-order valence-electron chi connectivity index (χ4n) is 2.06. The molecule has 0 aliphatic carbocycles. The molecule has 3 rings (SSSR count). The van der Waals surface area contributed by atoms with Gasteiger partial charge in [-0.05, 0) is 42.4 Å². The standard InChI is InChI=1S/C11H11N3O.Na.H2O4S/c15-11-13-10-7-14(11)6-3-9(10)8-1-4-12-5-2-8;;1-5(2,3)4/h1-5,10H,6-7H2,(H,13,15);;(H2,1,2,3,4)/q;+1;/p-1.